The van der Waals surface area contributed by atoms with Crippen LogP contribution in [0.15, 0.2) is 0 Å². The van der Waals surface area contributed by atoms with E-state index in [1.165, 1.54) is 13.8 Å². The fourth-order valence-corrected chi connectivity index (χ4v) is 0.187. The van der Waals surface area contributed by atoms with Crippen molar-refractivity contribution in [1.82, 2.24) is 0 Å². The van der Waals surface area contributed by atoms with Crippen molar-refractivity contribution in [1.29, 1.82) is 0 Å². The van der Waals surface area contributed by atoms with Gasteiger partial charge in [0.1, 0.15) is 0 Å². The second-order valence-corrected chi connectivity index (χ2v) is 3.42. The standard InChI is InChI=1S/C4H10O2.2C3H8O2/c1-4(6)2-3-5;2*1-3(5)2-4/h4-6H,2-3H2,1H3;2*3-5H,2H2,1H3. The van der Waals surface area contributed by atoms with Crippen LogP contribution in [0.25, 0.3) is 0 Å². The lowest BCUT2D eigenvalue weighted by molar-refractivity contribution is 0.110. The fraction of sp³-hybridized carbons (Fsp3) is 1.00. The number of rotatable bonds is 4. The first-order valence-corrected chi connectivity index (χ1v) is 5.18. The van der Waals surface area contributed by atoms with Crippen LogP contribution in [-0.2, 0) is 0 Å². The Labute approximate surface area is 96.8 Å². The van der Waals surface area contributed by atoms with Crippen molar-refractivity contribution in [3.8, 4) is 0 Å². The molecule has 102 valence electrons. The Balaban J connectivity index is -0.000000160. The third-order valence-electron chi connectivity index (χ3n) is 1.08. The molecule has 6 heteroatoms. The Morgan fingerprint density at radius 1 is 0.688 bits per heavy atom. The molecule has 0 amide bonds. The second-order valence-electron chi connectivity index (χ2n) is 3.42. The molecule has 0 aliphatic rings. The zero-order valence-electron chi connectivity index (χ0n) is 10.2. The minimum Gasteiger partial charge on any atom is -0.396 e. The van der Waals surface area contributed by atoms with Gasteiger partial charge >= 0.3 is 0 Å². The maximum Gasteiger partial charge on any atom is 0.0742 e. The molecule has 0 aromatic heterocycles. The zero-order chi connectivity index (χ0) is 13.6. The third kappa shape index (κ3) is 49.0. The Morgan fingerprint density at radius 3 is 0.938 bits per heavy atom. The van der Waals surface area contributed by atoms with Crippen LogP contribution < -0.4 is 0 Å². The predicted molar refractivity (Wildman–Crippen MR) is 60.9 cm³/mol. The summed E-state index contributed by atoms with van der Waals surface area (Å²) in [7, 11) is 0. The molecule has 0 spiro atoms. The lowest BCUT2D eigenvalue weighted by Gasteiger charge is -1.95. The number of aliphatic hydroxyl groups excluding tert-OH is 6. The van der Waals surface area contributed by atoms with Gasteiger partial charge in [0.25, 0.3) is 0 Å². The quantitative estimate of drug-likeness (QED) is 0.356. The van der Waals surface area contributed by atoms with Gasteiger partial charge in [-0.1, -0.05) is 0 Å². The first-order valence-electron chi connectivity index (χ1n) is 5.18. The van der Waals surface area contributed by atoms with Crippen LogP contribution in [0.2, 0.25) is 0 Å². The van der Waals surface area contributed by atoms with Crippen LogP contribution in [0.1, 0.15) is 27.2 Å². The first kappa shape index (κ1) is 21.1. The largest absolute Gasteiger partial charge is 0.396 e. The van der Waals surface area contributed by atoms with Crippen molar-refractivity contribution < 1.29 is 30.6 Å². The average Bonchev–Trinajstić information content (AvgIpc) is 2.19. The molecule has 0 radical (unpaired) electrons. The van der Waals surface area contributed by atoms with Gasteiger partial charge in [-0.2, -0.15) is 0 Å². The van der Waals surface area contributed by atoms with Crippen LogP contribution in [0.5, 0.6) is 0 Å². The summed E-state index contributed by atoms with van der Waals surface area (Å²) in [5.74, 6) is 0. The van der Waals surface area contributed by atoms with E-state index in [-0.39, 0.29) is 25.9 Å². The first-order chi connectivity index (χ1) is 7.31. The van der Waals surface area contributed by atoms with Crippen molar-refractivity contribution >= 4 is 0 Å². The van der Waals surface area contributed by atoms with Gasteiger partial charge in [-0.3, -0.25) is 0 Å². The van der Waals surface area contributed by atoms with E-state index in [4.69, 9.17) is 30.6 Å². The van der Waals surface area contributed by atoms with Crippen molar-refractivity contribution in [2.45, 2.75) is 45.5 Å². The molecule has 0 saturated carbocycles. The van der Waals surface area contributed by atoms with Gasteiger partial charge in [0.15, 0.2) is 0 Å². The Bertz CT molecular complexity index is 97.5. The average molecular weight is 242 g/mol. The molecule has 0 heterocycles. The summed E-state index contributed by atoms with van der Waals surface area (Å²) in [6.45, 7) is 4.51. The van der Waals surface area contributed by atoms with Gasteiger partial charge in [-0.15, -0.1) is 0 Å². The lowest BCUT2D eigenvalue weighted by atomic mass is 10.3. The van der Waals surface area contributed by atoms with Crippen molar-refractivity contribution in [3.05, 3.63) is 0 Å². The molecule has 3 atom stereocenters. The number of hydrogen-bond acceptors (Lipinski definition) is 6. The predicted octanol–water partition coefficient (Wildman–Crippen LogP) is -1.53. The highest BCUT2D eigenvalue weighted by Gasteiger charge is 1.88. The van der Waals surface area contributed by atoms with E-state index in [0.29, 0.717) is 6.42 Å². The summed E-state index contributed by atoms with van der Waals surface area (Å²) in [5, 5.41) is 48.5. The minimum absolute atomic E-state index is 0.0810. The summed E-state index contributed by atoms with van der Waals surface area (Å²) in [5.41, 5.74) is 0. The molecule has 0 rings (SSSR count). The highest BCUT2D eigenvalue weighted by molar-refractivity contribution is 4.40. The molecule has 16 heavy (non-hydrogen) atoms. The minimum atomic E-state index is -0.560. The topological polar surface area (TPSA) is 121 Å². The third-order valence-corrected chi connectivity index (χ3v) is 1.08. The van der Waals surface area contributed by atoms with Crippen LogP contribution in [0.3, 0.4) is 0 Å². The Kier molecular flexibility index (Phi) is 22.6. The molecule has 6 N–H and O–H groups in total. The molecule has 0 fully saturated rings. The highest BCUT2D eigenvalue weighted by Crippen LogP contribution is 1.83. The molecule has 0 aliphatic heterocycles. The Hall–Kier alpha value is -0.240. The SMILES string of the molecule is CC(O)CCO.CC(O)CO.CC(O)CO. The molecular weight excluding hydrogens is 216 g/mol. The van der Waals surface area contributed by atoms with E-state index < -0.39 is 12.2 Å². The van der Waals surface area contributed by atoms with E-state index >= 15 is 0 Å². The monoisotopic (exact) mass is 242 g/mol. The van der Waals surface area contributed by atoms with Crippen LogP contribution in [0.4, 0.5) is 0 Å². The van der Waals surface area contributed by atoms with Crippen molar-refractivity contribution in [3.63, 3.8) is 0 Å². The summed E-state index contributed by atoms with van der Waals surface area (Å²) >= 11 is 0. The molecule has 0 aromatic rings. The van der Waals surface area contributed by atoms with Gasteiger partial charge in [0, 0.05) is 6.61 Å². The van der Waals surface area contributed by atoms with E-state index in [1.54, 1.807) is 6.92 Å². The molecule has 6 nitrogen and oxygen atoms in total. The van der Waals surface area contributed by atoms with Crippen LogP contribution >= 0.6 is 0 Å². The normalized spacial score (nSPS) is 14.8. The highest BCUT2D eigenvalue weighted by atomic mass is 16.3. The van der Waals surface area contributed by atoms with Gasteiger partial charge in [0.05, 0.1) is 31.5 Å². The van der Waals surface area contributed by atoms with Crippen LogP contribution in [-0.4, -0.2) is 68.8 Å². The molecule has 0 aliphatic carbocycles. The van der Waals surface area contributed by atoms with Crippen molar-refractivity contribution in [2.75, 3.05) is 19.8 Å². The molecular formula is C10H26O6. The van der Waals surface area contributed by atoms with E-state index in [2.05, 4.69) is 0 Å². The maximum atomic E-state index is 8.39. The van der Waals surface area contributed by atoms with Gasteiger partial charge in [-0.05, 0) is 27.2 Å². The van der Waals surface area contributed by atoms with Crippen LogP contribution in [0, 0.1) is 0 Å². The van der Waals surface area contributed by atoms with Crippen molar-refractivity contribution in [2.24, 2.45) is 0 Å². The summed E-state index contributed by atoms with van der Waals surface area (Å²) in [6, 6.07) is 0. The Morgan fingerprint density at radius 2 is 0.938 bits per heavy atom. The fourth-order valence-electron chi connectivity index (χ4n) is 0.187. The molecule has 0 aromatic carbocycles. The van der Waals surface area contributed by atoms with Gasteiger partial charge < -0.3 is 30.6 Å². The molecule has 3 unspecified atom stereocenters. The van der Waals surface area contributed by atoms with E-state index in [1.807, 2.05) is 0 Å². The summed E-state index contributed by atoms with van der Waals surface area (Å²) in [6.07, 6.45) is -0.986. The van der Waals surface area contributed by atoms with E-state index in [9.17, 15) is 0 Å². The molecule has 0 saturated heterocycles. The molecule has 0 bridgehead atoms. The smallest absolute Gasteiger partial charge is 0.0742 e. The lowest BCUT2D eigenvalue weighted by Crippen LogP contribution is -2.03. The zero-order valence-corrected chi connectivity index (χ0v) is 10.2. The number of aliphatic hydroxyl groups is 6. The summed E-state index contributed by atoms with van der Waals surface area (Å²) < 4.78 is 0. The van der Waals surface area contributed by atoms with Gasteiger partial charge in [-0.25, -0.2) is 0 Å². The second kappa shape index (κ2) is 17.2. The number of hydrogen-bond donors (Lipinski definition) is 6. The van der Waals surface area contributed by atoms with E-state index in [0.717, 1.165) is 0 Å². The summed E-state index contributed by atoms with van der Waals surface area (Å²) in [4.78, 5) is 0. The van der Waals surface area contributed by atoms with Gasteiger partial charge in [0.2, 0.25) is 0 Å². The maximum absolute atomic E-state index is 8.39.